The summed E-state index contributed by atoms with van der Waals surface area (Å²) in [5.74, 6) is 1.21. The van der Waals surface area contributed by atoms with Gasteiger partial charge < -0.3 is 5.32 Å². The molecule has 4 heteroatoms. The molecule has 0 bridgehead atoms. The Morgan fingerprint density at radius 3 is 1.76 bits per heavy atom. The Morgan fingerprint density at radius 1 is 0.905 bits per heavy atom. The van der Waals surface area contributed by atoms with E-state index >= 15 is 0 Å². The van der Waals surface area contributed by atoms with E-state index in [1.54, 1.807) is 12.1 Å². The average Bonchev–Trinajstić information content (AvgIpc) is 2.34. The van der Waals surface area contributed by atoms with Crippen molar-refractivity contribution < 1.29 is 13.2 Å². The van der Waals surface area contributed by atoms with Crippen LogP contribution in [-0.2, 0) is 12.7 Å². The highest BCUT2D eigenvalue weighted by Gasteiger charge is 2.29. The molecule has 0 saturated carbocycles. The van der Waals surface area contributed by atoms with E-state index in [0.717, 1.165) is 30.5 Å². The average molecular weight is 301 g/mol. The lowest BCUT2D eigenvalue weighted by Crippen LogP contribution is -2.31. The number of hydrogen-bond donors (Lipinski definition) is 1. The lowest BCUT2D eigenvalue weighted by Gasteiger charge is -2.22. The second-order valence-electron chi connectivity index (χ2n) is 6.53. The van der Waals surface area contributed by atoms with E-state index in [2.05, 4.69) is 33.0 Å². The Hall–Kier alpha value is -1.03. The smallest absolute Gasteiger partial charge is 0.310 e. The van der Waals surface area contributed by atoms with Gasteiger partial charge in [-0.25, -0.2) is 0 Å². The molecular weight excluding hydrogens is 275 g/mol. The molecule has 1 aromatic rings. The Kier molecular flexibility index (Phi) is 6.72. The molecule has 21 heavy (non-hydrogen) atoms. The largest absolute Gasteiger partial charge is 0.416 e. The molecule has 0 aliphatic heterocycles. The first-order valence-electron chi connectivity index (χ1n) is 7.58. The number of benzene rings is 1. The van der Waals surface area contributed by atoms with Crippen LogP contribution < -0.4 is 5.32 Å². The molecule has 1 rings (SSSR count). The summed E-state index contributed by atoms with van der Waals surface area (Å²) < 4.78 is 37.5. The fourth-order valence-corrected chi connectivity index (χ4v) is 2.47. The van der Waals surface area contributed by atoms with Crippen molar-refractivity contribution in [1.29, 1.82) is 0 Å². The van der Waals surface area contributed by atoms with E-state index in [4.69, 9.17) is 0 Å². The zero-order valence-electron chi connectivity index (χ0n) is 13.3. The van der Waals surface area contributed by atoms with Gasteiger partial charge in [0.1, 0.15) is 0 Å². The van der Waals surface area contributed by atoms with Crippen LogP contribution in [0.2, 0.25) is 0 Å². The molecule has 0 spiro atoms. The van der Waals surface area contributed by atoms with E-state index in [0.29, 0.717) is 24.4 Å². The molecule has 0 aliphatic rings. The predicted molar refractivity (Wildman–Crippen MR) is 81.0 cm³/mol. The van der Waals surface area contributed by atoms with Crippen molar-refractivity contribution in [3.63, 3.8) is 0 Å². The summed E-state index contributed by atoms with van der Waals surface area (Å²) in [6.07, 6.45) is -2.10. The second kappa shape index (κ2) is 7.83. The third-order valence-corrected chi connectivity index (χ3v) is 3.39. The van der Waals surface area contributed by atoms with E-state index in [-0.39, 0.29) is 0 Å². The molecule has 0 unspecified atom stereocenters. The molecule has 0 fully saturated rings. The minimum Gasteiger partial charge on any atom is -0.310 e. The van der Waals surface area contributed by atoms with Crippen LogP contribution >= 0.6 is 0 Å². The summed E-state index contributed by atoms with van der Waals surface area (Å²) in [6.45, 7) is 9.36. The molecule has 0 atom stereocenters. The van der Waals surface area contributed by atoms with Crippen LogP contribution in [0.3, 0.4) is 0 Å². The standard InChI is InChI=1S/C17H26F3N/c1-12(2)9-16(10-13(3)4)21-11-14-5-7-15(8-6-14)17(18,19)20/h5-8,12-13,16,21H,9-11H2,1-4H3. The quantitative estimate of drug-likeness (QED) is 0.724. The number of halogens is 3. The first kappa shape index (κ1) is 18.0. The van der Waals surface area contributed by atoms with Crippen molar-refractivity contribution in [2.24, 2.45) is 11.8 Å². The van der Waals surface area contributed by atoms with Crippen LogP contribution in [0.5, 0.6) is 0 Å². The molecule has 0 radical (unpaired) electrons. The Morgan fingerprint density at radius 2 is 1.38 bits per heavy atom. The van der Waals surface area contributed by atoms with Crippen LogP contribution in [0.25, 0.3) is 0 Å². The molecule has 120 valence electrons. The Balaban J connectivity index is 2.59. The molecule has 0 aliphatic carbocycles. The summed E-state index contributed by atoms with van der Waals surface area (Å²) in [7, 11) is 0. The monoisotopic (exact) mass is 301 g/mol. The van der Waals surface area contributed by atoms with E-state index in [9.17, 15) is 13.2 Å². The summed E-state index contributed by atoms with van der Waals surface area (Å²) >= 11 is 0. The minimum absolute atomic E-state index is 0.410. The molecule has 0 saturated heterocycles. The minimum atomic E-state index is -4.26. The number of rotatable bonds is 7. The van der Waals surface area contributed by atoms with Crippen LogP contribution in [0.4, 0.5) is 13.2 Å². The van der Waals surface area contributed by atoms with Gasteiger partial charge in [-0.3, -0.25) is 0 Å². The first-order chi connectivity index (χ1) is 9.68. The number of hydrogen-bond acceptors (Lipinski definition) is 1. The summed E-state index contributed by atoms with van der Waals surface area (Å²) in [4.78, 5) is 0. The Labute approximate surface area is 125 Å². The van der Waals surface area contributed by atoms with Gasteiger partial charge in [0.05, 0.1) is 5.56 Å². The number of nitrogens with one attached hydrogen (secondary N) is 1. The maximum Gasteiger partial charge on any atom is 0.416 e. The van der Waals surface area contributed by atoms with Gasteiger partial charge in [-0.15, -0.1) is 0 Å². The summed E-state index contributed by atoms with van der Waals surface area (Å²) in [5, 5.41) is 3.48. The molecular formula is C17H26F3N. The molecule has 0 amide bonds. The summed E-state index contributed by atoms with van der Waals surface area (Å²) in [6, 6.07) is 5.82. The van der Waals surface area contributed by atoms with Crippen molar-refractivity contribution in [3.8, 4) is 0 Å². The Bertz CT molecular complexity index is 397. The maximum absolute atomic E-state index is 12.5. The van der Waals surface area contributed by atoms with E-state index < -0.39 is 11.7 Å². The van der Waals surface area contributed by atoms with Gasteiger partial charge in [-0.1, -0.05) is 39.8 Å². The lowest BCUT2D eigenvalue weighted by atomic mass is 9.95. The van der Waals surface area contributed by atoms with Gasteiger partial charge in [-0.05, 0) is 42.4 Å². The van der Waals surface area contributed by atoms with Gasteiger partial charge in [0, 0.05) is 12.6 Å². The normalized spacial score (nSPS) is 12.7. The van der Waals surface area contributed by atoms with Gasteiger partial charge >= 0.3 is 6.18 Å². The third kappa shape index (κ3) is 6.98. The van der Waals surface area contributed by atoms with Crippen LogP contribution in [-0.4, -0.2) is 6.04 Å². The number of alkyl halides is 3. The third-order valence-electron chi connectivity index (χ3n) is 3.39. The highest BCUT2D eigenvalue weighted by molar-refractivity contribution is 5.24. The van der Waals surface area contributed by atoms with E-state index in [1.165, 1.54) is 0 Å². The summed E-state index contributed by atoms with van der Waals surface area (Å²) in [5.41, 5.74) is 0.299. The molecule has 1 nitrogen and oxygen atoms in total. The molecule has 0 aromatic heterocycles. The highest BCUT2D eigenvalue weighted by Crippen LogP contribution is 2.29. The molecule has 1 N–H and O–H groups in total. The molecule has 0 heterocycles. The van der Waals surface area contributed by atoms with Gasteiger partial charge in [0.15, 0.2) is 0 Å². The fraction of sp³-hybridized carbons (Fsp3) is 0.647. The van der Waals surface area contributed by atoms with E-state index in [1.807, 2.05) is 0 Å². The van der Waals surface area contributed by atoms with Crippen molar-refractivity contribution in [1.82, 2.24) is 5.32 Å². The van der Waals surface area contributed by atoms with Crippen LogP contribution in [0.1, 0.15) is 51.7 Å². The van der Waals surface area contributed by atoms with Crippen molar-refractivity contribution >= 4 is 0 Å². The molecule has 1 aromatic carbocycles. The van der Waals surface area contributed by atoms with Gasteiger partial charge in [-0.2, -0.15) is 13.2 Å². The fourth-order valence-electron chi connectivity index (χ4n) is 2.47. The zero-order chi connectivity index (χ0) is 16.0. The van der Waals surface area contributed by atoms with Crippen molar-refractivity contribution in [3.05, 3.63) is 35.4 Å². The van der Waals surface area contributed by atoms with Gasteiger partial charge in [0.25, 0.3) is 0 Å². The highest BCUT2D eigenvalue weighted by atomic mass is 19.4. The first-order valence-corrected chi connectivity index (χ1v) is 7.58. The van der Waals surface area contributed by atoms with Crippen LogP contribution in [0, 0.1) is 11.8 Å². The lowest BCUT2D eigenvalue weighted by molar-refractivity contribution is -0.137. The predicted octanol–water partition coefficient (Wildman–Crippen LogP) is 5.26. The SMILES string of the molecule is CC(C)CC(CC(C)C)NCc1ccc(C(F)(F)F)cc1. The topological polar surface area (TPSA) is 12.0 Å². The zero-order valence-corrected chi connectivity index (χ0v) is 13.3. The van der Waals surface area contributed by atoms with Crippen LogP contribution in [0.15, 0.2) is 24.3 Å². The second-order valence-corrected chi connectivity index (χ2v) is 6.53. The maximum atomic E-state index is 12.5. The van der Waals surface area contributed by atoms with Gasteiger partial charge in [0.2, 0.25) is 0 Å². The van der Waals surface area contributed by atoms with Crippen molar-refractivity contribution in [2.45, 2.75) is 59.3 Å². The van der Waals surface area contributed by atoms with Crippen molar-refractivity contribution in [2.75, 3.05) is 0 Å².